The average molecular weight is 837 g/mol. The number of pyridine rings is 1. The maximum Gasteiger partial charge on any atom is 0.307 e. The van der Waals surface area contributed by atoms with E-state index in [9.17, 15) is 27.6 Å². The number of nitrogens with one attached hydrogen (secondary N) is 2. The number of aryl methyl sites for hydroxylation is 2. The number of hydrogen-bond acceptors (Lipinski definition) is 11. The number of hydrogen-bond donors (Lipinski definition) is 2. The zero-order chi connectivity index (χ0) is 42.4. The van der Waals surface area contributed by atoms with Gasteiger partial charge in [0.2, 0.25) is 21.8 Å². The van der Waals surface area contributed by atoms with Gasteiger partial charge in [-0.1, -0.05) is 25.0 Å². The smallest absolute Gasteiger partial charge is 0.307 e. The fourth-order valence-electron chi connectivity index (χ4n) is 8.87. The van der Waals surface area contributed by atoms with E-state index in [-0.39, 0.29) is 31.7 Å². The molecule has 1 aromatic carbocycles. The number of aromatic nitrogens is 1. The van der Waals surface area contributed by atoms with Gasteiger partial charge in [-0.15, -0.1) is 0 Å². The van der Waals surface area contributed by atoms with Crippen molar-refractivity contribution in [1.29, 1.82) is 0 Å². The van der Waals surface area contributed by atoms with Crippen molar-refractivity contribution in [1.82, 2.24) is 19.9 Å². The molecule has 15 heteroatoms. The Balaban J connectivity index is 1.22. The first-order valence-corrected chi connectivity index (χ1v) is 22.7. The van der Waals surface area contributed by atoms with E-state index in [0.717, 1.165) is 35.7 Å². The van der Waals surface area contributed by atoms with Crippen molar-refractivity contribution >= 4 is 44.6 Å². The van der Waals surface area contributed by atoms with Gasteiger partial charge >= 0.3 is 5.97 Å². The number of fused-ring (bicyclic) bond motifs is 5. The summed E-state index contributed by atoms with van der Waals surface area (Å²) in [6.45, 7) is 10.00. The number of rotatable bonds is 10. The molecule has 1 saturated heterocycles. The van der Waals surface area contributed by atoms with Crippen molar-refractivity contribution in [3.63, 3.8) is 0 Å². The highest BCUT2D eigenvalue weighted by atomic mass is 32.2. The monoisotopic (exact) mass is 836 g/mol. The lowest BCUT2D eigenvalue weighted by Gasteiger charge is -2.36. The topological polar surface area (TPSA) is 180 Å². The van der Waals surface area contributed by atoms with Gasteiger partial charge in [-0.25, -0.2) is 13.4 Å². The van der Waals surface area contributed by atoms with E-state index in [0.29, 0.717) is 75.4 Å². The molecule has 14 nitrogen and oxygen atoms in total. The van der Waals surface area contributed by atoms with Crippen LogP contribution in [-0.4, -0.2) is 96.4 Å². The second-order valence-electron chi connectivity index (χ2n) is 18.6. The van der Waals surface area contributed by atoms with Crippen LogP contribution in [0, 0.1) is 18.8 Å². The zero-order valence-corrected chi connectivity index (χ0v) is 36.1. The quantitative estimate of drug-likeness (QED) is 0.179. The summed E-state index contributed by atoms with van der Waals surface area (Å²) >= 11 is 0. The number of allylic oxidation sites excluding steroid dienone is 1. The molecule has 2 N–H and O–H groups in total. The Hall–Kier alpha value is -4.24. The number of ether oxygens (including phenoxy) is 4. The third kappa shape index (κ3) is 9.11. The molecule has 2 aromatic rings. The Morgan fingerprint density at radius 2 is 1.86 bits per heavy atom. The molecule has 5 atom stereocenters. The third-order valence-corrected chi connectivity index (χ3v) is 14.8. The van der Waals surface area contributed by atoms with E-state index in [2.05, 4.69) is 10.0 Å². The van der Waals surface area contributed by atoms with Crippen LogP contribution in [0.4, 0.5) is 0 Å². The summed E-state index contributed by atoms with van der Waals surface area (Å²) in [5, 5.41) is 3.88. The molecule has 322 valence electrons. The lowest BCUT2D eigenvalue weighted by atomic mass is 9.87. The van der Waals surface area contributed by atoms with Crippen LogP contribution in [0.15, 0.2) is 30.4 Å². The minimum atomic E-state index is -3.99. The van der Waals surface area contributed by atoms with Gasteiger partial charge in [-0.05, 0) is 104 Å². The van der Waals surface area contributed by atoms with Gasteiger partial charge in [0, 0.05) is 49.3 Å². The van der Waals surface area contributed by atoms with E-state index < -0.39 is 67.2 Å². The maximum absolute atomic E-state index is 14.9. The van der Waals surface area contributed by atoms with Crippen LogP contribution in [0.3, 0.4) is 0 Å². The molecule has 3 aliphatic heterocycles. The van der Waals surface area contributed by atoms with Crippen LogP contribution in [0.25, 0.3) is 10.9 Å². The fourth-order valence-corrected chi connectivity index (χ4v) is 10.2. The van der Waals surface area contributed by atoms with Gasteiger partial charge in [0.15, 0.2) is 0 Å². The lowest BCUT2D eigenvalue weighted by Crippen LogP contribution is -2.57. The van der Waals surface area contributed by atoms with Gasteiger partial charge in [0.1, 0.15) is 34.3 Å². The van der Waals surface area contributed by atoms with Crippen molar-refractivity contribution in [2.75, 3.05) is 26.9 Å². The first-order chi connectivity index (χ1) is 27.9. The number of benzene rings is 1. The van der Waals surface area contributed by atoms with Crippen molar-refractivity contribution in [2.45, 2.75) is 146 Å². The van der Waals surface area contributed by atoms with Gasteiger partial charge in [-0.2, -0.15) is 0 Å². The maximum atomic E-state index is 14.9. The highest BCUT2D eigenvalue weighted by Crippen LogP contribution is 2.49. The summed E-state index contributed by atoms with van der Waals surface area (Å²) < 4.78 is 51.6. The van der Waals surface area contributed by atoms with E-state index >= 15 is 0 Å². The second-order valence-corrected chi connectivity index (χ2v) is 20.8. The van der Waals surface area contributed by atoms with E-state index in [1.54, 1.807) is 34.8 Å². The molecule has 1 spiro atoms. The van der Waals surface area contributed by atoms with Crippen LogP contribution in [0.1, 0.15) is 116 Å². The average Bonchev–Trinajstić information content (AvgIpc) is 4.06. The van der Waals surface area contributed by atoms with Gasteiger partial charge < -0.3 is 29.2 Å². The van der Waals surface area contributed by atoms with E-state index in [1.807, 2.05) is 37.3 Å². The van der Waals surface area contributed by atoms with Crippen molar-refractivity contribution in [3.8, 4) is 11.5 Å². The normalized spacial score (nSPS) is 28.5. The highest BCUT2D eigenvalue weighted by molar-refractivity contribution is 7.91. The Bertz CT molecular complexity index is 2130. The molecule has 0 unspecified atom stereocenters. The molecule has 2 aliphatic carbocycles. The van der Waals surface area contributed by atoms with Crippen molar-refractivity contribution < 1.29 is 46.5 Å². The molecule has 3 amide bonds. The summed E-state index contributed by atoms with van der Waals surface area (Å²) in [6, 6.07) is 4.74. The zero-order valence-electron chi connectivity index (χ0n) is 35.3. The Kier molecular flexibility index (Phi) is 11.9. The Morgan fingerprint density at radius 1 is 1.08 bits per heavy atom. The van der Waals surface area contributed by atoms with Crippen LogP contribution in [-0.2, 0) is 45.1 Å². The molecule has 0 bridgehead atoms. The largest absolute Gasteiger partial charge is 0.493 e. The minimum absolute atomic E-state index is 0.0730. The standard InChI is InChI=1S/C44H60N4O10S/c1-28-37-32(33-24-31(15-16-34(33)45-28)56-22-12-21-55-6)17-18-43(58-37)26-35-38(50)46-44(40(52)47-59(53,54)42(5)19-20-42)25-30(44)14-11-9-7-8-10-13-29(39(51)48(35)27-43)23-36(49)57-41(2,3)4/h11,14-16,24,29-30,35H,7-10,12-13,17-23,25-27H2,1-6H3,(H,46,50)(H,47,52)/b14-11-/t29-,30-,35+,43-,44-/m1/s1. The highest BCUT2D eigenvalue weighted by Gasteiger charge is 2.64. The Labute approximate surface area is 347 Å². The Morgan fingerprint density at radius 3 is 2.59 bits per heavy atom. The summed E-state index contributed by atoms with van der Waals surface area (Å²) in [5.74, 6) is -2.06. The number of sulfonamides is 1. The van der Waals surface area contributed by atoms with Crippen LogP contribution >= 0.6 is 0 Å². The van der Waals surface area contributed by atoms with Crippen LogP contribution < -0.4 is 19.5 Å². The van der Waals surface area contributed by atoms with Gasteiger partial charge in [0.25, 0.3) is 5.91 Å². The van der Waals surface area contributed by atoms with Crippen molar-refractivity contribution in [3.05, 3.63) is 41.6 Å². The summed E-state index contributed by atoms with van der Waals surface area (Å²) in [5.41, 5.74) is -0.784. The number of amides is 3. The summed E-state index contributed by atoms with van der Waals surface area (Å²) in [4.78, 5) is 63.3. The molecule has 59 heavy (non-hydrogen) atoms. The molecule has 7 rings (SSSR count). The number of methoxy groups -OCH3 is 1. The van der Waals surface area contributed by atoms with E-state index in [1.165, 1.54) is 4.90 Å². The second kappa shape index (κ2) is 16.3. The van der Waals surface area contributed by atoms with Gasteiger partial charge in [0.05, 0.1) is 35.5 Å². The minimum Gasteiger partial charge on any atom is -0.493 e. The summed E-state index contributed by atoms with van der Waals surface area (Å²) in [7, 11) is -2.34. The predicted octanol–water partition coefficient (Wildman–Crippen LogP) is 5.36. The fraction of sp³-hybridized carbons (Fsp3) is 0.659. The third-order valence-electron chi connectivity index (χ3n) is 12.7. The number of nitrogens with zero attached hydrogens (tertiary/aromatic N) is 2. The van der Waals surface area contributed by atoms with Crippen LogP contribution in [0.2, 0.25) is 0 Å². The molecule has 5 aliphatic rings. The van der Waals surface area contributed by atoms with Crippen LogP contribution in [0.5, 0.6) is 11.5 Å². The molecule has 0 radical (unpaired) electrons. The lowest BCUT2D eigenvalue weighted by molar-refractivity contribution is -0.159. The SMILES string of the molecule is COCCCOc1ccc2nc(C)c3c(c2c1)CC[C@]1(C[C@H]2C(=O)N[C@]4(C(=O)NS(=O)(=O)C5(C)CC5)C[C@H]4/C=C\CCCCC[C@H](CC(=O)OC(C)(C)C)C(=O)N2C1)O3. The molecule has 1 aromatic heterocycles. The summed E-state index contributed by atoms with van der Waals surface area (Å²) in [6.07, 6.45) is 10.2. The number of carbonyl (C=O) groups is 4. The van der Waals surface area contributed by atoms with Crippen molar-refractivity contribution in [2.24, 2.45) is 11.8 Å². The predicted molar refractivity (Wildman–Crippen MR) is 220 cm³/mol. The molecule has 4 heterocycles. The molecular weight excluding hydrogens is 777 g/mol. The molecule has 3 fully saturated rings. The van der Waals surface area contributed by atoms with Gasteiger partial charge in [-0.3, -0.25) is 23.9 Å². The first kappa shape index (κ1) is 42.9. The van der Waals surface area contributed by atoms with E-state index in [4.69, 9.17) is 23.9 Å². The number of carbonyl (C=O) groups excluding carboxylic acids is 4. The first-order valence-electron chi connectivity index (χ1n) is 21.2. The molecule has 2 saturated carbocycles. The molecular formula is C44H60N4O10S. The number of esters is 1.